The largest absolute Gasteiger partial charge is 0.257 e. The number of aryl methyl sites for hydroxylation is 2. The molecular formula is C16H20Cl2N2. The van der Waals surface area contributed by atoms with E-state index in [1.165, 1.54) is 5.56 Å². The van der Waals surface area contributed by atoms with Gasteiger partial charge < -0.3 is 0 Å². The van der Waals surface area contributed by atoms with Crippen LogP contribution in [0.5, 0.6) is 0 Å². The monoisotopic (exact) mass is 310 g/mol. The van der Waals surface area contributed by atoms with Crippen molar-refractivity contribution in [2.45, 2.75) is 32.1 Å². The standard InChI is InChI=1S/C16H20Cl2N2/c1-4-16(11-17,13-8-6-5-7-9-13)10-14-12(2)19-20(3)15(14)18/h5-9H,4,10-11H2,1-3H3. The topological polar surface area (TPSA) is 17.8 Å². The van der Waals surface area contributed by atoms with Crippen molar-refractivity contribution in [2.75, 3.05) is 5.88 Å². The molecule has 0 aliphatic rings. The zero-order valence-corrected chi connectivity index (χ0v) is 13.7. The van der Waals surface area contributed by atoms with Gasteiger partial charge in [-0.2, -0.15) is 5.10 Å². The van der Waals surface area contributed by atoms with Gasteiger partial charge in [0.1, 0.15) is 5.15 Å². The van der Waals surface area contributed by atoms with Gasteiger partial charge in [-0.1, -0.05) is 48.9 Å². The minimum Gasteiger partial charge on any atom is -0.257 e. The third kappa shape index (κ3) is 2.72. The Hall–Kier alpha value is -0.990. The van der Waals surface area contributed by atoms with E-state index in [0.717, 1.165) is 24.1 Å². The van der Waals surface area contributed by atoms with E-state index in [1.54, 1.807) is 4.68 Å². The maximum atomic E-state index is 6.38. The Morgan fingerprint density at radius 3 is 2.35 bits per heavy atom. The number of aromatic nitrogens is 2. The molecular weight excluding hydrogens is 291 g/mol. The second-order valence-corrected chi connectivity index (χ2v) is 5.91. The number of benzene rings is 1. The van der Waals surface area contributed by atoms with Gasteiger partial charge in [-0.15, -0.1) is 11.6 Å². The summed E-state index contributed by atoms with van der Waals surface area (Å²) in [5.41, 5.74) is 3.24. The van der Waals surface area contributed by atoms with Gasteiger partial charge in [-0.25, -0.2) is 0 Å². The van der Waals surface area contributed by atoms with E-state index in [-0.39, 0.29) is 5.41 Å². The molecule has 1 aromatic carbocycles. The molecule has 2 aromatic rings. The van der Waals surface area contributed by atoms with Crippen LogP contribution in [0.2, 0.25) is 5.15 Å². The van der Waals surface area contributed by atoms with E-state index < -0.39 is 0 Å². The smallest absolute Gasteiger partial charge is 0.130 e. The number of hydrogen-bond acceptors (Lipinski definition) is 1. The fraction of sp³-hybridized carbons (Fsp3) is 0.438. The molecule has 0 saturated carbocycles. The predicted molar refractivity (Wildman–Crippen MR) is 85.8 cm³/mol. The number of halogens is 2. The molecule has 0 bridgehead atoms. The summed E-state index contributed by atoms with van der Waals surface area (Å²) in [6.45, 7) is 4.18. The molecule has 2 rings (SSSR count). The van der Waals surface area contributed by atoms with Crippen LogP contribution in [0.3, 0.4) is 0 Å². The Kier molecular flexibility index (Phi) is 4.77. The Bertz CT molecular complexity index is 572. The van der Waals surface area contributed by atoms with Crippen LogP contribution >= 0.6 is 23.2 Å². The van der Waals surface area contributed by atoms with Gasteiger partial charge in [0.05, 0.1) is 5.69 Å². The van der Waals surface area contributed by atoms with E-state index in [2.05, 4.69) is 36.3 Å². The lowest BCUT2D eigenvalue weighted by Crippen LogP contribution is -2.30. The molecule has 1 heterocycles. The third-order valence-corrected chi connectivity index (χ3v) is 5.09. The van der Waals surface area contributed by atoms with Gasteiger partial charge in [0.2, 0.25) is 0 Å². The van der Waals surface area contributed by atoms with Crippen LogP contribution in [0.15, 0.2) is 30.3 Å². The summed E-state index contributed by atoms with van der Waals surface area (Å²) in [5.74, 6) is 0.568. The normalized spacial score (nSPS) is 14.2. The van der Waals surface area contributed by atoms with Crippen molar-refractivity contribution in [2.24, 2.45) is 7.05 Å². The molecule has 0 aliphatic heterocycles. The fourth-order valence-corrected chi connectivity index (χ4v) is 3.33. The van der Waals surface area contributed by atoms with Crippen molar-refractivity contribution in [3.05, 3.63) is 52.3 Å². The van der Waals surface area contributed by atoms with Crippen LogP contribution in [0, 0.1) is 6.92 Å². The summed E-state index contributed by atoms with van der Waals surface area (Å²) in [7, 11) is 1.87. The maximum absolute atomic E-state index is 6.38. The van der Waals surface area contributed by atoms with Crippen molar-refractivity contribution in [3.8, 4) is 0 Å². The molecule has 1 unspecified atom stereocenters. The first-order valence-corrected chi connectivity index (χ1v) is 7.75. The van der Waals surface area contributed by atoms with Crippen LogP contribution in [0.1, 0.15) is 30.2 Å². The van der Waals surface area contributed by atoms with Gasteiger partial charge in [0.15, 0.2) is 0 Å². The highest BCUT2D eigenvalue weighted by Gasteiger charge is 2.32. The highest BCUT2D eigenvalue weighted by atomic mass is 35.5. The molecule has 0 fully saturated rings. The Morgan fingerprint density at radius 1 is 1.25 bits per heavy atom. The summed E-state index contributed by atoms with van der Waals surface area (Å²) >= 11 is 12.7. The van der Waals surface area contributed by atoms with E-state index in [9.17, 15) is 0 Å². The molecule has 2 nitrogen and oxygen atoms in total. The lowest BCUT2D eigenvalue weighted by atomic mass is 9.75. The van der Waals surface area contributed by atoms with E-state index >= 15 is 0 Å². The first-order chi connectivity index (χ1) is 9.54. The van der Waals surface area contributed by atoms with Crippen molar-refractivity contribution >= 4 is 23.2 Å². The van der Waals surface area contributed by atoms with Gasteiger partial charge in [0.25, 0.3) is 0 Å². The summed E-state index contributed by atoms with van der Waals surface area (Å²) in [4.78, 5) is 0. The third-order valence-electron chi connectivity index (χ3n) is 4.10. The molecule has 108 valence electrons. The van der Waals surface area contributed by atoms with E-state index in [1.807, 2.05) is 20.0 Å². The van der Waals surface area contributed by atoms with Gasteiger partial charge in [-0.3, -0.25) is 4.68 Å². The lowest BCUT2D eigenvalue weighted by Gasteiger charge is -2.31. The molecule has 0 saturated heterocycles. The maximum Gasteiger partial charge on any atom is 0.130 e. The molecule has 1 atom stereocenters. The zero-order chi connectivity index (χ0) is 14.8. The van der Waals surface area contributed by atoms with Gasteiger partial charge in [-0.05, 0) is 25.3 Å². The second-order valence-electron chi connectivity index (χ2n) is 5.29. The zero-order valence-electron chi connectivity index (χ0n) is 12.2. The van der Waals surface area contributed by atoms with Gasteiger partial charge in [0, 0.05) is 23.9 Å². The summed E-state index contributed by atoms with van der Waals surface area (Å²) in [6.07, 6.45) is 1.78. The van der Waals surface area contributed by atoms with E-state index in [0.29, 0.717) is 11.0 Å². The molecule has 0 N–H and O–H groups in total. The number of alkyl halides is 1. The molecule has 0 aliphatic carbocycles. The van der Waals surface area contributed by atoms with E-state index in [4.69, 9.17) is 23.2 Å². The predicted octanol–water partition coefficient (Wildman–Crippen LogP) is 4.51. The molecule has 20 heavy (non-hydrogen) atoms. The first-order valence-electron chi connectivity index (χ1n) is 6.83. The van der Waals surface area contributed by atoms with Crippen molar-refractivity contribution in [1.82, 2.24) is 9.78 Å². The molecule has 4 heteroatoms. The van der Waals surface area contributed by atoms with Crippen LogP contribution in [-0.4, -0.2) is 15.7 Å². The summed E-state index contributed by atoms with van der Waals surface area (Å²) in [6, 6.07) is 10.4. The fourth-order valence-electron chi connectivity index (χ4n) is 2.65. The minimum absolute atomic E-state index is 0.0970. The lowest BCUT2D eigenvalue weighted by molar-refractivity contribution is 0.457. The molecule has 1 aromatic heterocycles. The highest BCUT2D eigenvalue weighted by Crippen LogP contribution is 2.36. The van der Waals surface area contributed by atoms with Crippen molar-refractivity contribution < 1.29 is 0 Å². The molecule has 0 radical (unpaired) electrons. The average Bonchev–Trinajstić information content (AvgIpc) is 2.71. The molecule has 0 spiro atoms. The quantitative estimate of drug-likeness (QED) is 0.743. The minimum atomic E-state index is -0.0970. The Labute approximate surface area is 130 Å². The Morgan fingerprint density at radius 2 is 1.90 bits per heavy atom. The summed E-state index contributed by atoms with van der Waals surface area (Å²) in [5, 5.41) is 5.11. The average molecular weight is 311 g/mol. The Balaban J connectivity index is 2.45. The SMILES string of the molecule is CCC(CCl)(Cc1c(C)nn(C)c1Cl)c1ccccc1. The van der Waals surface area contributed by atoms with Crippen LogP contribution in [0.4, 0.5) is 0 Å². The van der Waals surface area contributed by atoms with Crippen LogP contribution < -0.4 is 0 Å². The molecule has 0 amide bonds. The number of hydrogen-bond donors (Lipinski definition) is 0. The van der Waals surface area contributed by atoms with Crippen LogP contribution in [0.25, 0.3) is 0 Å². The number of nitrogens with zero attached hydrogens (tertiary/aromatic N) is 2. The number of rotatable bonds is 5. The summed E-state index contributed by atoms with van der Waals surface area (Å²) < 4.78 is 1.73. The van der Waals surface area contributed by atoms with Crippen LogP contribution in [-0.2, 0) is 18.9 Å². The van der Waals surface area contributed by atoms with Crippen molar-refractivity contribution in [3.63, 3.8) is 0 Å². The highest BCUT2D eigenvalue weighted by molar-refractivity contribution is 6.30. The van der Waals surface area contributed by atoms with Crippen molar-refractivity contribution in [1.29, 1.82) is 0 Å². The van der Waals surface area contributed by atoms with Gasteiger partial charge >= 0.3 is 0 Å². The first kappa shape index (κ1) is 15.4. The second kappa shape index (κ2) is 6.19.